The predicted molar refractivity (Wildman–Crippen MR) is 140 cm³/mol. The molecule has 0 unspecified atom stereocenters. The molecule has 4 rings (SSSR count). The largest absolute Gasteiger partial charge is 0.491 e. The highest BCUT2D eigenvalue weighted by molar-refractivity contribution is 6.31. The Morgan fingerprint density at radius 1 is 1.00 bits per heavy atom. The van der Waals surface area contributed by atoms with Crippen molar-refractivity contribution in [3.05, 3.63) is 64.2 Å². The molecule has 2 aliphatic rings. The molecule has 9 heteroatoms. The van der Waals surface area contributed by atoms with E-state index in [1.165, 1.54) is 19.3 Å². The normalized spacial score (nSPS) is 27.7. The molecule has 0 radical (unpaired) electrons. The van der Waals surface area contributed by atoms with Crippen molar-refractivity contribution < 1.29 is 34.6 Å². The minimum absolute atomic E-state index is 0.0155. The standard InChI is InChI=1S/C28H38ClNO7/c1-35-22(15-30-11-3-2-4-12-30)17-36-21-8-5-18(6-9-21)13-20-14-19(7-10-23(20)29)28-27(34)26(33)25(32)24(16-31)37-28/h5-10,14,22,24-28,31-34H,2-4,11-13,15-17H2,1H3/t22-,24+,25+,26-,27+,28-/m0/s1. The third kappa shape index (κ3) is 7.22. The second-order valence-electron chi connectivity index (χ2n) is 9.95. The predicted octanol–water partition coefficient (Wildman–Crippen LogP) is 2.33. The molecule has 204 valence electrons. The molecule has 2 heterocycles. The van der Waals surface area contributed by atoms with Crippen molar-refractivity contribution in [1.82, 2.24) is 4.90 Å². The Morgan fingerprint density at radius 3 is 2.41 bits per heavy atom. The lowest BCUT2D eigenvalue weighted by Gasteiger charge is -2.40. The average molecular weight is 536 g/mol. The number of aliphatic hydroxyl groups excluding tert-OH is 4. The molecule has 2 saturated heterocycles. The Bertz CT molecular complexity index is 983. The minimum Gasteiger partial charge on any atom is -0.491 e. The van der Waals surface area contributed by atoms with Gasteiger partial charge in [0, 0.05) is 18.7 Å². The maximum absolute atomic E-state index is 10.5. The van der Waals surface area contributed by atoms with E-state index in [0.29, 0.717) is 23.6 Å². The van der Waals surface area contributed by atoms with Gasteiger partial charge in [0.05, 0.1) is 6.61 Å². The van der Waals surface area contributed by atoms with Gasteiger partial charge in [-0.2, -0.15) is 0 Å². The van der Waals surface area contributed by atoms with E-state index >= 15 is 0 Å². The quantitative estimate of drug-likeness (QED) is 0.367. The summed E-state index contributed by atoms with van der Waals surface area (Å²) in [6, 6.07) is 13.1. The van der Waals surface area contributed by atoms with Gasteiger partial charge in [0.15, 0.2) is 0 Å². The highest BCUT2D eigenvalue weighted by Gasteiger charge is 2.44. The smallest absolute Gasteiger partial charge is 0.119 e. The number of aliphatic hydroxyl groups is 4. The molecule has 2 aromatic carbocycles. The number of benzene rings is 2. The second kappa shape index (κ2) is 13.4. The lowest BCUT2D eigenvalue weighted by atomic mass is 9.90. The number of hydrogen-bond acceptors (Lipinski definition) is 8. The van der Waals surface area contributed by atoms with E-state index in [1.54, 1.807) is 19.2 Å². The van der Waals surface area contributed by atoms with E-state index in [9.17, 15) is 20.4 Å². The minimum atomic E-state index is -1.43. The molecule has 0 saturated carbocycles. The zero-order valence-corrected chi connectivity index (χ0v) is 22.0. The number of piperidine rings is 1. The number of hydrogen-bond donors (Lipinski definition) is 4. The van der Waals surface area contributed by atoms with Crippen molar-refractivity contribution >= 4 is 11.6 Å². The Morgan fingerprint density at radius 2 is 1.73 bits per heavy atom. The molecule has 4 N–H and O–H groups in total. The Balaban J connectivity index is 1.37. The highest BCUT2D eigenvalue weighted by atomic mass is 35.5. The summed E-state index contributed by atoms with van der Waals surface area (Å²) in [4.78, 5) is 2.44. The van der Waals surface area contributed by atoms with Gasteiger partial charge in [-0.25, -0.2) is 0 Å². The maximum Gasteiger partial charge on any atom is 0.119 e. The van der Waals surface area contributed by atoms with E-state index in [1.807, 2.05) is 30.3 Å². The molecule has 0 aliphatic carbocycles. The molecule has 2 fully saturated rings. The van der Waals surface area contributed by atoms with Crippen LogP contribution in [0.25, 0.3) is 0 Å². The monoisotopic (exact) mass is 535 g/mol. The first kappa shape index (κ1) is 28.3. The van der Waals surface area contributed by atoms with Crippen molar-refractivity contribution in [2.45, 2.75) is 62.3 Å². The summed E-state index contributed by atoms with van der Waals surface area (Å²) < 4.78 is 17.3. The lowest BCUT2D eigenvalue weighted by molar-refractivity contribution is -0.231. The summed E-state index contributed by atoms with van der Waals surface area (Å²) in [6.45, 7) is 3.13. The van der Waals surface area contributed by atoms with Gasteiger partial charge in [-0.15, -0.1) is 0 Å². The van der Waals surface area contributed by atoms with Gasteiger partial charge < -0.3 is 39.5 Å². The van der Waals surface area contributed by atoms with Gasteiger partial charge in [-0.3, -0.25) is 0 Å². The van der Waals surface area contributed by atoms with Crippen LogP contribution in [-0.4, -0.2) is 95.8 Å². The van der Waals surface area contributed by atoms with Crippen molar-refractivity contribution in [2.24, 2.45) is 0 Å². The number of ether oxygens (including phenoxy) is 3. The number of halogens is 1. The fraction of sp³-hybridized carbons (Fsp3) is 0.571. The first-order valence-electron chi connectivity index (χ1n) is 12.9. The fourth-order valence-corrected chi connectivity index (χ4v) is 5.21. The average Bonchev–Trinajstić information content (AvgIpc) is 2.92. The molecule has 2 aromatic rings. The van der Waals surface area contributed by atoms with Crippen LogP contribution in [0.5, 0.6) is 5.75 Å². The SMILES string of the molecule is CO[C@H](COc1ccc(Cc2cc([C@@H]3O[C@H](CO)[C@@H](O)[C@H](O)[C@H]3O)ccc2Cl)cc1)CN1CCCCC1. The maximum atomic E-state index is 10.5. The number of likely N-dealkylation sites (tertiary alicyclic amines) is 1. The van der Waals surface area contributed by atoms with Crippen molar-refractivity contribution in [3.63, 3.8) is 0 Å². The molecule has 0 bridgehead atoms. The third-order valence-corrected chi connectivity index (χ3v) is 7.66. The number of rotatable bonds is 10. The summed E-state index contributed by atoms with van der Waals surface area (Å²) in [5.74, 6) is 0.769. The van der Waals surface area contributed by atoms with E-state index in [-0.39, 0.29) is 6.10 Å². The van der Waals surface area contributed by atoms with Crippen LogP contribution >= 0.6 is 11.6 Å². The molecule has 8 nitrogen and oxygen atoms in total. The third-order valence-electron chi connectivity index (χ3n) is 7.29. The molecule has 0 spiro atoms. The van der Waals surface area contributed by atoms with Crippen molar-refractivity contribution in [3.8, 4) is 5.75 Å². The summed E-state index contributed by atoms with van der Waals surface area (Å²) >= 11 is 6.47. The summed E-state index contributed by atoms with van der Waals surface area (Å²) in [7, 11) is 1.73. The lowest BCUT2D eigenvalue weighted by Crippen LogP contribution is -2.55. The van der Waals surface area contributed by atoms with Gasteiger partial charge in [-0.05, 0) is 67.2 Å². The first-order chi connectivity index (χ1) is 17.9. The van der Waals surface area contributed by atoms with Gasteiger partial charge >= 0.3 is 0 Å². The van der Waals surface area contributed by atoms with Crippen LogP contribution in [0.1, 0.15) is 42.1 Å². The Labute approximate surface area is 223 Å². The number of methoxy groups -OCH3 is 1. The summed E-state index contributed by atoms with van der Waals surface area (Å²) in [6.07, 6.45) is -1.68. The fourth-order valence-electron chi connectivity index (χ4n) is 5.02. The highest BCUT2D eigenvalue weighted by Crippen LogP contribution is 2.34. The molecule has 37 heavy (non-hydrogen) atoms. The van der Waals surface area contributed by atoms with Gasteiger partial charge in [0.25, 0.3) is 0 Å². The molecular weight excluding hydrogens is 498 g/mol. The molecule has 6 atom stereocenters. The van der Waals surface area contributed by atoms with Crippen LogP contribution in [0.15, 0.2) is 42.5 Å². The number of nitrogens with zero attached hydrogens (tertiary/aromatic N) is 1. The van der Waals surface area contributed by atoms with Crippen LogP contribution in [0.4, 0.5) is 0 Å². The zero-order valence-electron chi connectivity index (χ0n) is 21.2. The molecular formula is C28H38ClNO7. The Hall–Kier alpha value is -1.75. The summed E-state index contributed by atoms with van der Waals surface area (Å²) in [5, 5.41) is 40.7. The van der Waals surface area contributed by atoms with E-state index in [2.05, 4.69) is 4.90 Å². The van der Waals surface area contributed by atoms with E-state index in [0.717, 1.165) is 36.5 Å². The van der Waals surface area contributed by atoms with Gasteiger partial charge in [-0.1, -0.05) is 42.3 Å². The van der Waals surface area contributed by atoms with E-state index in [4.69, 9.17) is 25.8 Å². The van der Waals surface area contributed by atoms with Crippen LogP contribution < -0.4 is 4.74 Å². The molecule has 0 amide bonds. The van der Waals surface area contributed by atoms with Gasteiger partial charge in [0.2, 0.25) is 0 Å². The van der Waals surface area contributed by atoms with E-state index < -0.39 is 37.1 Å². The van der Waals surface area contributed by atoms with Crippen molar-refractivity contribution in [1.29, 1.82) is 0 Å². The topological polar surface area (TPSA) is 112 Å². The second-order valence-corrected chi connectivity index (χ2v) is 10.4. The van der Waals surface area contributed by atoms with Crippen LogP contribution in [0.2, 0.25) is 5.02 Å². The Kier molecular flexibility index (Phi) is 10.2. The van der Waals surface area contributed by atoms with Crippen LogP contribution in [-0.2, 0) is 15.9 Å². The molecule has 2 aliphatic heterocycles. The van der Waals surface area contributed by atoms with Crippen molar-refractivity contribution in [2.75, 3.05) is 40.0 Å². The summed E-state index contributed by atoms with van der Waals surface area (Å²) in [5.41, 5.74) is 2.46. The first-order valence-corrected chi connectivity index (χ1v) is 13.3. The van der Waals surface area contributed by atoms with Crippen LogP contribution in [0, 0.1) is 0 Å². The molecule has 0 aromatic heterocycles. The zero-order chi connectivity index (χ0) is 26.4. The van der Waals surface area contributed by atoms with Gasteiger partial charge in [0.1, 0.15) is 49.0 Å². The van der Waals surface area contributed by atoms with Crippen LogP contribution in [0.3, 0.4) is 0 Å².